The van der Waals surface area contributed by atoms with E-state index in [2.05, 4.69) is 20.7 Å². The lowest BCUT2D eigenvalue weighted by Crippen LogP contribution is -2.18. The number of nitrogens with zero attached hydrogens (tertiary/aromatic N) is 2. The van der Waals surface area contributed by atoms with Gasteiger partial charge in [0.1, 0.15) is 5.69 Å². The van der Waals surface area contributed by atoms with Crippen LogP contribution < -0.4 is 5.32 Å². The maximum absolute atomic E-state index is 5.18. The van der Waals surface area contributed by atoms with Crippen LogP contribution in [0, 0.1) is 0 Å². The molecule has 1 aromatic rings. The Labute approximate surface area is 76.2 Å². The van der Waals surface area contributed by atoms with Crippen molar-refractivity contribution in [1.82, 2.24) is 20.7 Å². The SMILES string of the molecule is CNC(C1=COCC1)c1cn[nH]n1. The van der Waals surface area contributed by atoms with Crippen LogP contribution in [0.4, 0.5) is 0 Å². The molecule has 1 aliphatic heterocycles. The van der Waals surface area contributed by atoms with Crippen molar-refractivity contribution in [1.29, 1.82) is 0 Å². The molecule has 1 atom stereocenters. The number of rotatable bonds is 3. The second kappa shape index (κ2) is 3.57. The molecule has 0 aliphatic carbocycles. The highest BCUT2D eigenvalue weighted by Crippen LogP contribution is 2.24. The highest BCUT2D eigenvalue weighted by molar-refractivity contribution is 5.19. The summed E-state index contributed by atoms with van der Waals surface area (Å²) < 4.78 is 5.18. The molecule has 0 spiro atoms. The van der Waals surface area contributed by atoms with Gasteiger partial charge in [0.15, 0.2) is 0 Å². The number of hydrogen-bond donors (Lipinski definition) is 2. The fraction of sp³-hybridized carbons (Fsp3) is 0.500. The van der Waals surface area contributed by atoms with E-state index < -0.39 is 0 Å². The number of aromatic nitrogens is 3. The molecule has 1 aromatic heterocycles. The Balaban J connectivity index is 2.18. The molecular weight excluding hydrogens is 168 g/mol. The van der Waals surface area contributed by atoms with E-state index in [1.165, 1.54) is 5.57 Å². The van der Waals surface area contributed by atoms with Crippen molar-refractivity contribution in [2.75, 3.05) is 13.7 Å². The molecule has 0 bridgehead atoms. The van der Waals surface area contributed by atoms with E-state index in [-0.39, 0.29) is 6.04 Å². The first kappa shape index (κ1) is 8.25. The van der Waals surface area contributed by atoms with Gasteiger partial charge in [0, 0.05) is 6.42 Å². The van der Waals surface area contributed by atoms with Crippen LogP contribution in [0.5, 0.6) is 0 Å². The van der Waals surface area contributed by atoms with Gasteiger partial charge in [-0.15, -0.1) is 0 Å². The molecule has 1 unspecified atom stereocenters. The van der Waals surface area contributed by atoms with Crippen LogP contribution >= 0.6 is 0 Å². The highest BCUT2D eigenvalue weighted by Gasteiger charge is 2.20. The number of H-pyrrole nitrogens is 1. The molecule has 0 fully saturated rings. The van der Waals surface area contributed by atoms with Crippen molar-refractivity contribution < 1.29 is 4.74 Å². The van der Waals surface area contributed by atoms with Crippen molar-refractivity contribution >= 4 is 0 Å². The number of aromatic amines is 1. The van der Waals surface area contributed by atoms with E-state index in [0.29, 0.717) is 0 Å². The quantitative estimate of drug-likeness (QED) is 0.705. The van der Waals surface area contributed by atoms with Crippen LogP contribution in [-0.4, -0.2) is 29.1 Å². The summed E-state index contributed by atoms with van der Waals surface area (Å²) in [6.45, 7) is 0.769. The van der Waals surface area contributed by atoms with E-state index in [4.69, 9.17) is 4.74 Å². The van der Waals surface area contributed by atoms with Gasteiger partial charge in [0.2, 0.25) is 0 Å². The normalized spacial score (nSPS) is 18.1. The smallest absolute Gasteiger partial charge is 0.104 e. The molecule has 2 heterocycles. The molecule has 13 heavy (non-hydrogen) atoms. The molecule has 0 aromatic carbocycles. The number of likely N-dealkylation sites (N-methyl/N-ethyl adjacent to an activating group) is 1. The summed E-state index contributed by atoms with van der Waals surface area (Å²) >= 11 is 0. The molecule has 2 N–H and O–H groups in total. The first-order chi connectivity index (χ1) is 6.42. The van der Waals surface area contributed by atoms with Gasteiger partial charge in [-0.1, -0.05) is 0 Å². The third-order valence-electron chi connectivity index (χ3n) is 2.13. The Kier molecular flexibility index (Phi) is 2.27. The van der Waals surface area contributed by atoms with Gasteiger partial charge in [0.05, 0.1) is 25.1 Å². The zero-order chi connectivity index (χ0) is 9.10. The molecule has 0 saturated carbocycles. The summed E-state index contributed by atoms with van der Waals surface area (Å²) in [6.07, 6.45) is 4.48. The van der Waals surface area contributed by atoms with Crippen LogP contribution in [0.25, 0.3) is 0 Å². The first-order valence-electron chi connectivity index (χ1n) is 4.25. The van der Waals surface area contributed by atoms with Gasteiger partial charge in [-0.05, 0) is 12.6 Å². The maximum Gasteiger partial charge on any atom is 0.104 e. The van der Waals surface area contributed by atoms with E-state index in [9.17, 15) is 0 Å². The summed E-state index contributed by atoms with van der Waals surface area (Å²) in [5.41, 5.74) is 2.12. The zero-order valence-corrected chi connectivity index (χ0v) is 7.45. The minimum atomic E-state index is 0.126. The lowest BCUT2D eigenvalue weighted by Gasteiger charge is -2.12. The Morgan fingerprint density at radius 2 is 2.62 bits per heavy atom. The molecule has 70 valence electrons. The number of ether oxygens (including phenoxy) is 1. The molecule has 5 heteroatoms. The molecule has 1 aliphatic rings. The number of nitrogens with one attached hydrogen (secondary N) is 2. The summed E-state index contributed by atoms with van der Waals surface area (Å²) in [5.74, 6) is 0. The predicted molar refractivity (Wildman–Crippen MR) is 46.8 cm³/mol. The predicted octanol–water partition coefficient (Wildman–Crippen LogP) is 0.369. The summed E-state index contributed by atoms with van der Waals surface area (Å²) in [4.78, 5) is 0. The van der Waals surface area contributed by atoms with E-state index in [1.54, 1.807) is 12.5 Å². The lowest BCUT2D eigenvalue weighted by molar-refractivity contribution is 0.281. The van der Waals surface area contributed by atoms with Crippen LogP contribution in [0.15, 0.2) is 18.0 Å². The minimum absolute atomic E-state index is 0.126. The van der Waals surface area contributed by atoms with Gasteiger partial charge in [-0.25, -0.2) is 0 Å². The maximum atomic E-state index is 5.18. The molecule has 0 amide bonds. The average molecular weight is 180 g/mol. The third-order valence-corrected chi connectivity index (χ3v) is 2.13. The molecule has 2 rings (SSSR count). The van der Waals surface area contributed by atoms with Gasteiger partial charge >= 0.3 is 0 Å². The van der Waals surface area contributed by atoms with Crippen molar-refractivity contribution in [3.8, 4) is 0 Å². The molecule has 0 radical (unpaired) electrons. The molecular formula is C8H12N4O. The van der Waals surface area contributed by atoms with Gasteiger partial charge < -0.3 is 10.1 Å². The second-order valence-corrected chi connectivity index (χ2v) is 2.93. The second-order valence-electron chi connectivity index (χ2n) is 2.93. The van der Waals surface area contributed by atoms with Gasteiger partial charge in [0.25, 0.3) is 0 Å². The molecule has 5 nitrogen and oxygen atoms in total. The van der Waals surface area contributed by atoms with Gasteiger partial charge in [-0.3, -0.25) is 0 Å². The Morgan fingerprint density at radius 3 is 3.15 bits per heavy atom. The van der Waals surface area contributed by atoms with Crippen molar-refractivity contribution in [2.45, 2.75) is 12.5 Å². The summed E-state index contributed by atoms with van der Waals surface area (Å²) in [5, 5.41) is 13.6. The van der Waals surface area contributed by atoms with Gasteiger partial charge in [-0.2, -0.15) is 15.4 Å². The Morgan fingerprint density at radius 1 is 1.69 bits per heavy atom. The van der Waals surface area contributed by atoms with Crippen molar-refractivity contribution in [2.24, 2.45) is 0 Å². The fourth-order valence-electron chi connectivity index (χ4n) is 1.49. The largest absolute Gasteiger partial charge is 0.501 e. The van der Waals surface area contributed by atoms with E-state index in [0.717, 1.165) is 18.7 Å². The lowest BCUT2D eigenvalue weighted by atomic mass is 10.0. The molecule has 0 saturated heterocycles. The number of hydrogen-bond acceptors (Lipinski definition) is 4. The standard InChI is InChI=1S/C8H12N4O/c1-9-8(6-2-3-13-5-6)7-4-10-12-11-7/h4-5,8-9H,2-3H2,1H3,(H,10,11,12). The average Bonchev–Trinajstić information content (AvgIpc) is 2.76. The van der Waals surface area contributed by atoms with Crippen molar-refractivity contribution in [3.05, 3.63) is 23.7 Å². The summed E-state index contributed by atoms with van der Waals surface area (Å²) in [7, 11) is 1.90. The Hall–Kier alpha value is -1.36. The van der Waals surface area contributed by atoms with E-state index >= 15 is 0 Å². The first-order valence-corrected chi connectivity index (χ1v) is 4.25. The van der Waals surface area contributed by atoms with Crippen LogP contribution in [-0.2, 0) is 4.74 Å². The zero-order valence-electron chi connectivity index (χ0n) is 7.45. The highest BCUT2D eigenvalue weighted by atomic mass is 16.5. The monoisotopic (exact) mass is 180 g/mol. The van der Waals surface area contributed by atoms with Crippen LogP contribution in [0.1, 0.15) is 18.2 Å². The van der Waals surface area contributed by atoms with Crippen molar-refractivity contribution in [3.63, 3.8) is 0 Å². The topological polar surface area (TPSA) is 62.8 Å². The minimum Gasteiger partial charge on any atom is -0.501 e. The van der Waals surface area contributed by atoms with Crippen LogP contribution in [0.3, 0.4) is 0 Å². The van der Waals surface area contributed by atoms with Crippen LogP contribution in [0.2, 0.25) is 0 Å². The fourth-order valence-corrected chi connectivity index (χ4v) is 1.49. The summed E-state index contributed by atoms with van der Waals surface area (Å²) in [6, 6.07) is 0.126. The Bertz CT molecular complexity index is 293. The van der Waals surface area contributed by atoms with E-state index in [1.807, 2.05) is 7.05 Å². The third kappa shape index (κ3) is 1.55.